The monoisotopic (exact) mass is 406 g/mol. The Labute approximate surface area is 179 Å². The van der Waals surface area contributed by atoms with Crippen LogP contribution in [0, 0.1) is 0 Å². The zero-order chi connectivity index (χ0) is 23.3. The van der Waals surface area contributed by atoms with E-state index in [2.05, 4.69) is 118 Å². The van der Waals surface area contributed by atoms with Crippen molar-refractivity contribution in [3.63, 3.8) is 0 Å². The first kappa shape index (κ1) is 27.3. The minimum atomic E-state index is 0.0243. The van der Waals surface area contributed by atoms with Crippen molar-refractivity contribution < 1.29 is 0 Å². The van der Waals surface area contributed by atoms with Crippen molar-refractivity contribution in [2.24, 2.45) is 0 Å². The molecule has 0 aromatic carbocycles. The van der Waals surface area contributed by atoms with E-state index >= 15 is 0 Å². The Morgan fingerprint density at radius 3 is 0.931 bits per heavy atom. The summed E-state index contributed by atoms with van der Waals surface area (Å²) < 4.78 is 3.82. The maximum absolute atomic E-state index is 4.17. The van der Waals surface area contributed by atoms with Gasteiger partial charge in [-0.25, -0.2) is 9.36 Å². The smallest absolute Gasteiger partial charge is 0.0880 e. The number of hydrogen-bond donors (Lipinski definition) is 0. The molecule has 0 amide bonds. The third-order valence-corrected chi connectivity index (χ3v) is 3.90. The zero-order valence-electron chi connectivity index (χ0n) is 21.5. The van der Waals surface area contributed by atoms with Crippen molar-refractivity contribution in [2.45, 2.75) is 125 Å². The van der Waals surface area contributed by atoms with Crippen LogP contribution in [0.3, 0.4) is 0 Å². The summed E-state index contributed by atoms with van der Waals surface area (Å²) >= 11 is 0. The third kappa shape index (κ3) is 9.55. The van der Waals surface area contributed by atoms with Crippen molar-refractivity contribution >= 4 is 0 Å². The maximum atomic E-state index is 4.17. The summed E-state index contributed by atoms with van der Waals surface area (Å²) in [5.41, 5.74) is 2.31. The van der Waals surface area contributed by atoms with Crippen LogP contribution < -0.4 is 0 Å². The van der Waals surface area contributed by atoms with E-state index in [-0.39, 0.29) is 21.9 Å². The average molecular weight is 407 g/mol. The van der Waals surface area contributed by atoms with Crippen LogP contribution in [0.1, 0.15) is 115 Å². The van der Waals surface area contributed by atoms with Crippen LogP contribution in [0.5, 0.6) is 0 Å². The lowest BCUT2D eigenvalue weighted by Crippen LogP contribution is -2.22. The summed E-state index contributed by atoms with van der Waals surface area (Å²) in [4.78, 5) is 0. The van der Waals surface area contributed by atoms with Crippen LogP contribution in [0.15, 0.2) is 12.4 Å². The summed E-state index contributed by atoms with van der Waals surface area (Å²) in [5.74, 6) is 0. The van der Waals surface area contributed by atoms with Gasteiger partial charge in [-0.05, 0) is 41.5 Å². The average Bonchev–Trinajstić information content (AvgIpc) is 3.16. The van der Waals surface area contributed by atoms with Gasteiger partial charge in [0.25, 0.3) is 0 Å². The number of aromatic nitrogens is 6. The van der Waals surface area contributed by atoms with E-state index in [1.54, 1.807) is 0 Å². The Bertz CT molecular complexity index is 593. The first-order valence-corrected chi connectivity index (χ1v) is 10.7. The van der Waals surface area contributed by atoms with Crippen LogP contribution in [-0.4, -0.2) is 30.0 Å². The van der Waals surface area contributed by atoms with Gasteiger partial charge in [-0.3, -0.25) is 0 Å². The molecular formula is C23H46N6. The van der Waals surface area contributed by atoms with Gasteiger partial charge in [-0.1, -0.05) is 72.2 Å². The van der Waals surface area contributed by atoms with Crippen molar-refractivity contribution in [1.82, 2.24) is 30.0 Å². The molecule has 0 N–H and O–H groups in total. The minimum absolute atomic E-state index is 0.0243. The van der Waals surface area contributed by atoms with Gasteiger partial charge < -0.3 is 0 Å². The molecule has 0 radical (unpaired) electrons. The molecule has 0 unspecified atom stereocenters. The molecule has 0 saturated heterocycles. The molecule has 2 rings (SSSR count). The van der Waals surface area contributed by atoms with E-state index in [0.29, 0.717) is 0 Å². The number of nitrogens with zero attached hydrogens (tertiary/aromatic N) is 6. The summed E-state index contributed by atoms with van der Waals surface area (Å²) in [6.45, 7) is 29.8. The normalized spacial score (nSPS) is 12.6. The van der Waals surface area contributed by atoms with Gasteiger partial charge in [0, 0.05) is 23.2 Å². The van der Waals surface area contributed by atoms with Crippen molar-refractivity contribution in [3.05, 3.63) is 23.8 Å². The molecular weight excluding hydrogens is 360 g/mol. The van der Waals surface area contributed by atoms with Gasteiger partial charge in [-0.2, -0.15) is 0 Å². The molecule has 0 bridgehead atoms. The van der Waals surface area contributed by atoms with Crippen LogP contribution in [0.25, 0.3) is 0 Å². The summed E-state index contributed by atoms with van der Waals surface area (Å²) in [6, 6.07) is 0. The Morgan fingerprint density at radius 1 is 0.586 bits per heavy atom. The molecule has 0 aliphatic carbocycles. The van der Waals surface area contributed by atoms with E-state index in [0.717, 1.165) is 11.4 Å². The standard InChI is InChI=1S/2C10H19N3.C3H8/c2*1-9(2,3)8-7-13(12-11-8)10(4,5)6;1-3-2/h2*7H,1-6H3;3H2,1-2H3. The molecule has 168 valence electrons. The molecule has 0 aliphatic heterocycles. The highest BCUT2D eigenvalue weighted by atomic mass is 15.5. The van der Waals surface area contributed by atoms with Gasteiger partial charge in [-0.15, -0.1) is 10.2 Å². The Hall–Kier alpha value is -1.72. The highest BCUT2D eigenvalue weighted by Gasteiger charge is 2.22. The second kappa shape index (κ2) is 9.86. The van der Waals surface area contributed by atoms with Gasteiger partial charge in [0.15, 0.2) is 0 Å². The molecule has 0 spiro atoms. The van der Waals surface area contributed by atoms with E-state index < -0.39 is 0 Å². The van der Waals surface area contributed by atoms with Crippen molar-refractivity contribution in [3.8, 4) is 0 Å². The topological polar surface area (TPSA) is 61.4 Å². The van der Waals surface area contributed by atoms with Crippen LogP contribution in [0.2, 0.25) is 0 Å². The predicted molar refractivity (Wildman–Crippen MR) is 123 cm³/mol. The minimum Gasteiger partial charge on any atom is -0.247 e. The molecule has 0 aliphatic rings. The van der Waals surface area contributed by atoms with Gasteiger partial charge >= 0.3 is 0 Å². The molecule has 0 saturated carbocycles. The fourth-order valence-electron chi connectivity index (χ4n) is 1.87. The third-order valence-electron chi connectivity index (χ3n) is 3.90. The van der Waals surface area contributed by atoms with Crippen LogP contribution in [-0.2, 0) is 21.9 Å². The molecule has 2 aromatic rings. The van der Waals surface area contributed by atoms with Crippen LogP contribution >= 0.6 is 0 Å². The fourth-order valence-corrected chi connectivity index (χ4v) is 1.87. The predicted octanol–water partition coefficient (Wildman–Crippen LogP) is 6.08. The molecule has 0 atom stereocenters. The molecule has 29 heavy (non-hydrogen) atoms. The van der Waals surface area contributed by atoms with E-state index in [4.69, 9.17) is 0 Å². The highest BCUT2D eigenvalue weighted by Crippen LogP contribution is 2.22. The van der Waals surface area contributed by atoms with Gasteiger partial charge in [0.2, 0.25) is 0 Å². The maximum Gasteiger partial charge on any atom is 0.0880 e. The lowest BCUT2D eigenvalue weighted by Gasteiger charge is -2.18. The summed E-state index contributed by atoms with van der Waals surface area (Å²) in [5, 5.41) is 16.6. The Balaban J connectivity index is 0.000000477. The van der Waals surface area contributed by atoms with Crippen LogP contribution in [0.4, 0.5) is 0 Å². The van der Waals surface area contributed by atoms with E-state index in [1.807, 2.05) is 21.8 Å². The molecule has 6 nitrogen and oxygen atoms in total. The van der Waals surface area contributed by atoms with Gasteiger partial charge in [0.05, 0.1) is 22.5 Å². The Morgan fingerprint density at radius 2 is 0.828 bits per heavy atom. The fraction of sp³-hybridized carbons (Fsp3) is 0.826. The second-order valence-electron chi connectivity index (χ2n) is 11.6. The van der Waals surface area contributed by atoms with Crippen molar-refractivity contribution in [1.29, 1.82) is 0 Å². The van der Waals surface area contributed by atoms with E-state index in [1.165, 1.54) is 6.42 Å². The highest BCUT2D eigenvalue weighted by molar-refractivity contribution is 5.07. The quantitative estimate of drug-likeness (QED) is 0.532. The summed E-state index contributed by atoms with van der Waals surface area (Å²) in [6.07, 6.45) is 5.31. The molecule has 2 heterocycles. The lowest BCUT2D eigenvalue weighted by atomic mass is 9.93. The van der Waals surface area contributed by atoms with E-state index in [9.17, 15) is 0 Å². The van der Waals surface area contributed by atoms with Gasteiger partial charge in [0.1, 0.15) is 0 Å². The number of hydrogen-bond acceptors (Lipinski definition) is 4. The SMILES string of the molecule is CC(C)(C)c1cn(C(C)(C)C)nn1.CC(C)(C)c1cn(C(C)(C)C)nn1.CCC. The molecule has 0 fully saturated rings. The first-order valence-electron chi connectivity index (χ1n) is 10.7. The second-order valence-corrected chi connectivity index (χ2v) is 11.6. The first-order chi connectivity index (χ1) is 12.8. The van der Waals surface area contributed by atoms with Crippen molar-refractivity contribution in [2.75, 3.05) is 0 Å². The zero-order valence-corrected chi connectivity index (χ0v) is 21.5. The largest absolute Gasteiger partial charge is 0.247 e. The molecule has 2 aromatic heterocycles. The lowest BCUT2D eigenvalue weighted by molar-refractivity contribution is 0.346. The Kier molecular flexibility index (Phi) is 9.27. The number of rotatable bonds is 0. The summed E-state index contributed by atoms with van der Waals surface area (Å²) in [7, 11) is 0. The molecule has 6 heteroatoms.